The number of hydrogen-bond donors (Lipinski definition) is 1. The molecule has 0 aliphatic heterocycles. The lowest BCUT2D eigenvalue weighted by atomic mass is 10.3. The quantitative estimate of drug-likeness (QED) is 0.801. The van der Waals surface area contributed by atoms with Crippen LogP contribution in [0.1, 0.15) is 42.2 Å². The van der Waals surface area contributed by atoms with Crippen molar-refractivity contribution in [2.45, 2.75) is 31.7 Å². The first kappa shape index (κ1) is 14.6. The Morgan fingerprint density at radius 3 is 2.71 bits per heavy atom. The van der Waals surface area contributed by atoms with E-state index in [1.54, 1.807) is 17.0 Å². The molecule has 122 valence electrons. The molecule has 1 fully saturated rings. The second-order valence-corrected chi connectivity index (χ2v) is 5.93. The maximum Gasteiger partial charge on any atom is 0.278 e. The molecule has 3 aromatic rings. The molecule has 1 aliphatic rings. The van der Waals surface area contributed by atoms with Gasteiger partial charge in [0.1, 0.15) is 6.33 Å². The molecule has 1 aromatic carbocycles. The van der Waals surface area contributed by atoms with Crippen molar-refractivity contribution in [1.82, 2.24) is 24.5 Å². The number of carbonyl (C=O) groups is 1. The molecule has 7 heteroatoms. The lowest BCUT2D eigenvalue weighted by molar-refractivity contribution is 0.102. The maximum atomic E-state index is 12.5. The number of hydrogen-bond acceptors (Lipinski definition) is 4. The summed E-state index contributed by atoms with van der Waals surface area (Å²) in [4.78, 5) is 12.5. The molecule has 0 bridgehead atoms. The van der Waals surface area contributed by atoms with Crippen molar-refractivity contribution in [3.63, 3.8) is 0 Å². The van der Waals surface area contributed by atoms with E-state index in [2.05, 4.69) is 20.6 Å². The summed E-state index contributed by atoms with van der Waals surface area (Å²) in [6, 6.07) is 11.8. The van der Waals surface area contributed by atoms with Crippen LogP contribution in [0.25, 0.3) is 5.69 Å². The maximum absolute atomic E-state index is 12.5. The molecule has 1 aliphatic carbocycles. The molecule has 1 amide bonds. The number of amides is 1. The Morgan fingerprint density at radius 1 is 1.12 bits per heavy atom. The molecule has 4 rings (SSSR count). The van der Waals surface area contributed by atoms with Crippen LogP contribution in [0.5, 0.6) is 0 Å². The number of para-hydroxylation sites is 1. The fourth-order valence-electron chi connectivity index (χ4n) is 3.09. The zero-order valence-corrected chi connectivity index (χ0v) is 13.2. The van der Waals surface area contributed by atoms with Gasteiger partial charge in [0.05, 0.1) is 11.7 Å². The number of carbonyl (C=O) groups excluding carboxylic acids is 1. The minimum Gasteiger partial charge on any atom is -0.289 e. The van der Waals surface area contributed by atoms with Gasteiger partial charge < -0.3 is 0 Å². The first-order valence-corrected chi connectivity index (χ1v) is 8.13. The second-order valence-electron chi connectivity index (χ2n) is 5.93. The molecule has 1 N–H and O–H groups in total. The zero-order chi connectivity index (χ0) is 16.4. The van der Waals surface area contributed by atoms with Crippen molar-refractivity contribution in [2.75, 3.05) is 5.32 Å². The van der Waals surface area contributed by atoms with Crippen LogP contribution in [0.15, 0.2) is 48.9 Å². The van der Waals surface area contributed by atoms with E-state index in [9.17, 15) is 4.79 Å². The summed E-state index contributed by atoms with van der Waals surface area (Å²) in [7, 11) is 0. The van der Waals surface area contributed by atoms with Crippen molar-refractivity contribution in [1.29, 1.82) is 0 Å². The average molecular weight is 322 g/mol. The first-order chi connectivity index (χ1) is 11.8. The Morgan fingerprint density at radius 2 is 1.92 bits per heavy atom. The molecule has 7 nitrogen and oxygen atoms in total. The molecular weight excluding hydrogens is 304 g/mol. The topological polar surface area (TPSA) is 77.6 Å². The molecule has 0 radical (unpaired) electrons. The van der Waals surface area contributed by atoms with Gasteiger partial charge in [-0.1, -0.05) is 31.0 Å². The first-order valence-electron chi connectivity index (χ1n) is 8.13. The molecule has 0 spiro atoms. The summed E-state index contributed by atoms with van der Waals surface area (Å²) in [5.74, 6) is 0.0959. The van der Waals surface area contributed by atoms with Gasteiger partial charge in [-0.25, -0.2) is 0 Å². The van der Waals surface area contributed by atoms with Gasteiger partial charge in [-0.3, -0.25) is 19.4 Å². The van der Waals surface area contributed by atoms with Crippen LogP contribution in [0.3, 0.4) is 0 Å². The summed E-state index contributed by atoms with van der Waals surface area (Å²) in [6.07, 6.45) is 8.17. The van der Waals surface area contributed by atoms with E-state index in [1.807, 2.05) is 41.2 Å². The monoisotopic (exact) mass is 322 g/mol. The summed E-state index contributed by atoms with van der Waals surface area (Å²) < 4.78 is 3.63. The fourth-order valence-corrected chi connectivity index (χ4v) is 3.09. The Balaban J connectivity index is 1.52. The van der Waals surface area contributed by atoms with Gasteiger partial charge in [-0.15, -0.1) is 10.2 Å². The highest BCUT2D eigenvalue weighted by atomic mass is 16.2. The van der Waals surface area contributed by atoms with Crippen LogP contribution in [0, 0.1) is 0 Å². The third-order valence-electron chi connectivity index (χ3n) is 4.35. The van der Waals surface area contributed by atoms with Crippen LogP contribution in [0.4, 0.5) is 5.95 Å². The highest BCUT2D eigenvalue weighted by Gasteiger charge is 2.20. The molecule has 2 heterocycles. The lowest BCUT2D eigenvalue weighted by Crippen LogP contribution is -2.17. The Kier molecular flexibility index (Phi) is 3.82. The van der Waals surface area contributed by atoms with Gasteiger partial charge >= 0.3 is 0 Å². The Labute approximate surface area is 139 Å². The van der Waals surface area contributed by atoms with Gasteiger partial charge in [0.2, 0.25) is 5.95 Å². The molecule has 2 aromatic heterocycles. The molecule has 1 saturated carbocycles. The van der Waals surface area contributed by atoms with E-state index in [1.165, 1.54) is 12.8 Å². The SMILES string of the molecule is O=C(Nc1nncn1-c1ccccc1)c1ccn(C2CCCC2)n1. The third-order valence-corrected chi connectivity index (χ3v) is 4.35. The highest BCUT2D eigenvalue weighted by molar-refractivity contribution is 6.01. The fraction of sp³-hybridized carbons (Fsp3) is 0.294. The van der Waals surface area contributed by atoms with Crippen molar-refractivity contribution in [3.8, 4) is 5.69 Å². The predicted octanol–water partition coefficient (Wildman–Crippen LogP) is 2.83. The van der Waals surface area contributed by atoms with Crippen LogP contribution >= 0.6 is 0 Å². The van der Waals surface area contributed by atoms with Crippen LogP contribution in [-0.4, -0.2) is 30.5 Å². The minimum absolute atomic E-state index is 0.281. The number of benzene rings is 1. The summed E-state index contributed by atoms with van der Waals surface area (Å²) in [6.45, 7) is 0. The average Bonchev–Trinajstić information content (AvgIpc) is 3.36. The van der Waals surface area contributed by atoms with Gasteiger partial charge in [0, 0.05) is 6.20 Å². The van der Waals surface area contributed by atoms with Crippen LogP contribution < -0.4 is 5.32 Å². The van der Waals surface area contributed by atoms with Gasteiger partial charge in [0.25, 0.3) is 5.91 Å². The minimum atomic E-state index is -0.281. The molecule has 0 atom stereocenters. The summed E-state index contributed by atoms with van der Waals surface area (Å²) in [5, 5.41) is 15.1. The van der Waals surface area contributed by atoms with Gasteiger partial charge in [-0.05, 0) is 31.0 Å². The standard InChI is InChI=1S/C17H18N6O/c24-16(15-10-11-23(21-15)14-8-4-5-9-14)19-17-20-18-12-22(17)13-6-2-1-3-7-13/h1-3,6-7,10-12,14H,4-5,8-9H2,(H,19,20,24). The van der Waals surface area contributed by atoms with Gasteiger partial charge in [0.15, 0.2) is 5.69 Å². The van der Waals surface area contributed by atoms with E-state index >= 15 is 0 Å². The van der Waals surface area contributed by atoms with Crippen molar-refractivity contribution in [3.05, 3.63) is 54.6 Å². The smallest absolute Gasteiger partial charge is 0.278 e. The number of rotatable bonds is 4. The molecule has 24 heavy (non-hydrogen) atoms. The Bertz CT molecular complexity index is 832. The van der Waals surface area contributed by atoms with Crippen molar-refractivity contribution < 1.29 is 4.79 Å². The number of nitrogens with one attached hydrogen (secondary N) is 1. The summed E-state index contributed by atoms with van der Waals surface area (Å²) >= 11 is 0. The van der Waals surface area contributed by atoms with Crippen LogP contribution in [-0.2, 0) is 0 Å². The largest absolute Gasteiger partial charge is 0.289 e. The number of anilines is 1. The van der Waals surface area contributed by atoms with E-state index in [-0.39, 0.29) is 5.91 Å². The number of nitrogens with zero attached hydrogens (tertiary/aromatic N) is 5. The van der Waals surface area contributed by atoms with Gasteiger partial charge in [-0.2, -0.15) is 5.10 Å². The lowest BCUT2D eigenvalue weighted by Gasteiger charge is -2.09. The zero-order valence-electron chi connectivity index (χ0n) is 13.2. The van der Waals surface area contributed by atoms with E-state index in [0.29, 0.717) is 17.7 Å². The molecular formula is C17H18N6O. The number of aromatic nitrogens is 5. The van der Waals surface area contributed by atoms with E-state index in [4.69, 9.17) is 0 Å². The van der Waals surface area contributed by atoms with Crippen molar-refractivity contribution >= 4 is 11.9 Å². The summed E-state index contributed by atoms with van der Waals surface area (Å²) in [5.41, 5.74) is 1.28. The molecule has 0 saturated heterocycles. The molecule has 0 unspecified atom stereocenters. The van der Waals surface area contributed by atoms with E-state index in [0.717, 1.165) is 18.5 Å². The predicted molar refractivity (Wildman–Crippen MR) is 89.0 cm³/mol. The Hall–Kier alpha value is -2.96. The second kappa shape index (κ2) is 6.27. The van der Waals surface area contributed by atoms with Crippen molar-refractivity contribution in [2.24, 2.45) is 0 Å². The normalized spacial score (nSPS) is 14.8. The van der Waals surface area contributed by atoms with E-state index < -0.39 is 0 Å². The highest BCUT2D eigenvalue weighted by Crippen LogP contribution is 2.28. The van der Waals surface area contributed by atoms with Crippen LogP contribution in [0.2, 0.25) is 0 Å². The third kappa shape index (κ3) is 2.80.